The van der Waals surface area contributed by atoms with Crippen molar-refractivity contribution in [1.29, 1.82) is 0 Å². The van der Waals surface area contributed by atoms with Gasteiger partial charge in [-0.15, -0.1) is 0 Å². The fourth-order valence-corrected chi connectivity index (χ4v) is 4.81. The summed E-state index contributed by atoms with van der Waals surface area (Å²) < 4.78 is 6.57. The predicted octanol–water partition coefficient (Wildman–Crippen LogP) is 4.90. The SMILES string of the molecule is COc1ccc(C)c2sc(N(CCN(C)C)C(=O)Cc3cccc4ccccc34)nc12. The van der Waals surface area contributed by atoms with Crippen LogP contribution in [0, 0.1) is 6.92 Å². The summed E-state index contributed by atoms with van der Waals surface area (Å²) in [5.41, 5.74) is 2.98. The smallest absolute Gasteiger partial charge is 0.233 e. The molecule has 1 amide bonds. The fraction of sp³-hybridized carbons (Fsp3) is 0.280. The van der Waals surface area contributed by atoms with Gasteiger partial charge in [0.1, 0.15) is 11.3 Å². The zero-order valence-corrected chi connectivity index (χ0v) is 19.2. The second kappa shape index (κ2) is 9.04. The van der Waals surface area contributed by atoms with Crippen LogP contribution in [0.15, 0.2) is 54.6 Å². The van der Waals surface area contributed by atoms with Gasteiger partial charge in [0.05, 0.1) is 18.2 Å². The van der Waals surface area contributed by atoms with Crippen molar-refractivity contribution in [2.75, 3.05) is 39.2 Å². The molecule has 1 aromatic heterocycles. The zero-order chi connectivity index (χ0) is 22.0. The summed E-state index contributed by atoms with van der Waals surface area (Å²) in [6.45, 7) is 3.40. The van der Waals surface area contributed by atoms with E-state index in [1.807, 2.05) is 55.4 Å². The number of amides is 1. The molecule has 3 aromatic carbocycles. The molecule has 5 nitrogen and oxygen atoms in total. The molecule has 0 bridgehead atoms. The molecule has 6 heteroatoms. The van der Waals surface area contributed by atoms with Crippen LogP contribution < -0.4 is 9.64 Å². The van der Waals surface area contributed by atoms with Crippen LogP contribution in [0.25, 0.3) is 21.0 Å². The van der Waals surface area contributed by atoms with Gasteiger partial charge in [0, 0.05) is 13.1 Å². The standard InChI is InChI=1S/C25H27N3O2S/c1-17-12-13-21(30-4)23-24(17)31-25(26-23)28(15-14-27(2)3)22(29)16-19-10-7-9-18-8-5-6-11-20(18)19/h5-13H,14-16H2,1-4H3. The van der Waals surface area contributed by atoms with Gasteiger partial charge in [-0.3, -0.25) is 9.69 Å². The molecular formula is C25H27N3O2S. The van der Waals surface area contributed by atoms with Crippen molar-refractivity contribution in [2.45, 2.75) is 13.3 Å². The summed E-state index contributed by atoms with van der Waals surface area (Å²) in [6, 6.07) is 18.3. The number of rotatable bonds is 7. The van der Waals surface area contributed by atoms with Gasteiger partial charge in [-0.1, -0.05) is 59.9 Å². The number of methoxy groups -OCH3 is 1. The van der Waals surface area contributed by atoms with E-state index in [9.17, 15) is 4.79 Å². The normalized spacial score (nSPS) is 11.4. The number of nitrogens with zero attached hydrogens (tertiary/aromatic N) is 3. The first-order chi connectivity index (χ1) is 15.0. The number of likely N-dealkylation sites (N-methyl/N-ethyl adjacent to an activating group) is 1. The van der Waals surface area contributed by atoms with Crippen molar-refractivity contribution in [2.24, 2.45) is 0 Å². The molecule has 4 rings (SSSR count). The highest BCUT2D eigenvalue weighted by atomic mass is 32.1. The van der Waals surface area contributed by atoms with Gasteiger partial charge in [0.15, 0.2) is 5.13 Å². The minimum absolute atomic E-state index is 0.0499. The van der Waals surface area contributed by atoms with Gasteiger partial charge in [-0.25, -0.2) is 4.98 Å². The van der Waals surface area contributed by atoms with Gasteiger partial charge < -0.3 is 9.64 Å². The third kappa shape index (κ3) is 4.40. The summed E-state index contributed by atoms with van der Waals surface area (Å²) in [7, 11) is 5.68. The Labute approximate surface area is 186 Å². The Balaban J connectivity index is 1.72. The second-order valence-electron chi connectivity index (χ2n) is 7.92. The highest BCUT2D eigenvalue weighted by Gasteiger charge is 2.22. The maximum absolute atomic E-state index is 13.5. The lowest BCUT2D eigenvalue weighted by Crippen LogP contribution is -2.37. The van der Waals surface area contributed by atoms with E-state index in [0.29, 0.717) is 13.0 Å². The maximum atomic E-state index is 13.5. The average molecular weight is 434 g/mol. The Bertz CT molecular complexity index is 1230. The number of carbonyl (C=O) groups is 1. The maximum Gasteiger partial charge on any atom is 0.233 e. The Hall–Kier alpha value is -2.96. The first-order valence-corrected chi connectivity index (χ1v) is 11.2. The molecule has 0 saturated heterocycles. The van der Waals surface area contributed by atoms with E-state index in [-0.39, 0.29) is 5.91 Å². The highest BCUT2D eigenvalue weighted by Crippen LogP contribution is 2.36. The third-order valence-corrected chi connectivity index (χ3v) is 6.65. The fourth-order valence-electron chi connectivity index (χ4n) is 3.71. The number of benzene rings is 3. The van der Waals surface area contributed by atoms with E-state index in [1.54, 1.807) is 18.4 Å². The van der Waals surface area contributed by atoms with Gasteiger partial charge >= 0.3 is 0 Å². The van der Waals surface area contributed by atoms with Crippen molar-refractivity contribution in [3.63, 3.8) is 0 Å². The lowest BCUT2D eigenvalue weighted by atomic mass is 10.0. The molecule has 0 aliphatic heterocycles. The van der Waals surface area contributed by atoms with E-state index in [1.165, 1.54) is 0 Å². The van der Waals surface area contributed by atoms with Gasteiger partial charge in [0.25, 0.3) is 0 Å². The lowest BCUT2D eigenvalue weighted by Gasteiger charge is -2.22. The lowest BCUT2D eigenvalue weighted by molar-refractivity contribution is -0.118. The van der Waals surface area contributed by atoms with E-state index in [4.69, 9.17) is 9.72 Å². The molecule has 160 valence electrons. The van der Waals surface area contributed by atoms with Crippen LogP contribution in [-0.4, -0.2) is 50.1 Å². The number of carbonyl (C=O) groups excluding carboxylic acids is 1. The molecule has 0 unspecified atom stereocenters. The molecule has 31 heavy (non-hydrogen) atoms. The largest absolute Gasteiger partial charge is 0.494 e. The molecule has 0 aliphatic carbocycles. The number of aryl methyl sites for hydroxylation is 1. The van der Waals surface area contributed by atoms with E-state index >= 15 is 0 Å². The van der Waals surface area contributed by atoms with Crippen LogP contribution in [0.1, 0.15) is 11.1 Å². The van der Waals surface area contributed by atoms with Crippen molar-refractivity contribution >= 4 is 43.4 Å². The van der Waals surface area contributed by atoms with Crippen LogP contribution >= 0.6 is 11.3 Å². The molecule has 0 atom stereocenters. The molecular weight excluding hydrogens is 406 g/mol. The summed E-state index contributed by atoms with van der Waals surface area (Å²) >= 11 is 1.55. The molecule has 0 spiro atoms. The molecule has 0 fully saturated rings. The Kier molecular flexibility index (Phi) is 6.20. The quantitative estimate of drug-likeness (QED) is 0.416. The number of thiazole rings is 1. The van der Waals surface area contributed by atoms with Crippen molar-refractivity contribution < 1.29 is 9.53 Å². The van der Waals surface area contributed by atoms with Crippen molar-refractivity contribution in [3.05, 3.63) is 65.7 Å². The first-order valence-electron chi connectivity index (χ1n) is 10.3. The van der Waals surface area contributed by atoms with E-state index < -0.39 is 0 Å². The number of hydrogen-bond donors (Lipinski definition) is 0. The molecule has 0 radical (unpaired) electrons. The predicted molar refractivity (Wildman–Crippen MR) is 129 cm³/mol. The number of ether oxygens (including phenoxy) is 1. The molecule has 0 saturated carbocycles. The molecule has 0 N–H and O–H groups in total. The van der Waals surface area contributed by atoms with E-state index in [2.05, 4.69) is 30.0 Å². The summed E-state index contributed by atoms with van der Waals surface area (Å²) in [4.78, 5) is 22.3. The summed E-state index contributed by atoms with van der Waals surface area (Å²) in [5, 5.41) is 2.98. The third-order valence-electron chi connectivity index (χ3n) is 5.44. The Morgan fingerprint density at radius 3 is 2.58 bits per heavy atom. The highest BCUT2D eigenvalue weighted by molar-refractivity contribution is 7.22. The Morgan fingerprint density at radius 2 is 1.81 bits per heavy atom. The van der Waals surface area contributed by atoms with E-state index in [0.717, 1.165) is 49.5 Å². The van der Waals surface area contributed by atoms with Crippen LogP contribution in [0.5, 0.6) is 5.75 Å². The van der Waals surface area contributed by atoms with Gasteiger partial charge in [0.2, 0.25) is 5.91 Å². The van der Waals surface area contributed by atoms with Crippen molar-refractivity contribution in [1.82, 2.24) is 9.88 Å². The molecule has 1 heterocycles. The van der Waals surface area contributed by atoms with Crippen LogP contribution in [0.3, 0.4) is 0 Å². The van der Waals surface area contributed by atoms with Crippen LogP contribution in [-0.2, 0) is 11.2 Å². The minimum atomic E-state index is 0.0499. The van der Waals surface area contributed by atoms with Crippen LogP contribution in [0.2, 0.25) is 0 Å². The molecule has 0 aliphatic rings. The topological polar surface area (TPSA) is 45.7 Å². The van der Waals surface area contributed by atoms with Gasteiger partial charge in [-0.05, 0) is 49.0 Å². The first kappa shape index (κ1) is 21.3. The second-order valence-corrected chi connectivity index (χ2v) is 8.90. The number of aromatic nitrogens is 1. The molecule has 4 aromatic rings. The summed E-state index contributed by atoms with van der Waals surface area (Å²) in [5.74, 6) is 0.783. The monoisotopic (exact) mass is 433 g/mol. The Morgan fingerprint density at radius 1 is 1.03 bits per heavy atom. The van der Waals surface area contributed by atoms with Crippen molar-refractivity contribution in [3.8, 4) is 5.75 Å². The number of fused-ring (bicyclic) bond motifs is 2. The average Bonchev–Trinajstić information content (AvgIpc) is 3.20. The van der Waals surface area contributed by atoms with Crippen LogP contribution in [0.4, 0.5) is 5.13 Å². The minimum Gasteiger partial charge on any atom is -0.494 e. The zero-order valence-electron chi connectivity index (χ0n) is 18.4. The number of hydrogen-bond acceptors (Lipinski definition) is 5. The summed E-state index contributed by atoms with van der Waals surface area (Å²) in [6.07, 6.45) is 0.334. The number of anilines is 1. The van der Waals surface area contributed by atoms with Gasteiger partial charge in [-0.2, -0.15) is 0 Å².